The minimum atomic E-state index is 0.187. The van der Waals surface area contributed by atoms with Gasteiger partial charge in [0.1, 0.15) is 0 Å². The van der Waals surface area contributed by atoms with Crippen LogP contribution in [0.15, 0.2) is 24.3 Å². The van der Waals surface area contributed by atoms with Gasteiger partial charge in [0.05, 0.1) is 6.61 Å². The maximum Gasteiger partial charge on any atom is 0.219 e. The molecule has 1 aromatic carbocycles. The first-order valence-electron chi connectivity index (χ1n) is 8.74. The quantitative estimate of drug-likeness (QED) is 0.836. The van der Waals surface area contributed by atoms with Crippen molar-refractivity contribution in [1.82, 2.24) is 9.80 Å². The van der Waals surface area contributed by atoms with Gasteiger partial charge in [-0.2, -0.15) is 0 Å². The number of nitrogens with zero attached hydrogens (tertiary/aromatic N) is 2. The number of ether oxygens (including phenoxy) is 1. The third kappa shape index (κ3) is 3.61. The molecule has 2 saturated heterocycles. The Morgan fingerprint density at radius 2 is 2.04 bits per heavy atom. The Balaban J connectivity index is 1.64. The summed E-state index contributed by atoms with van der Waals surface area (Å²) in [5.74, 6) is 0.639. The van der Waals surface area contributed by atoms with Gasteiger partial charge in [0.15, 0.2) is 0 Å². The smallest absolute Gasteiger partial charge is 0.219 e. The van der Waals surface area contributed by atoms with Crippen LogP contribution in [-0.4, -0.2) is 55.6 Å². The van der Waals surface area contributed by atoms with E-state index in [1.54, 1.807) is 14.0 Å². The molecule has 0 unspecified atom stereocenters. The summed E-state index contributed by atoms with van der Waals surface area (Å²) in [5.41, 5.74) is 1.42. The highest BCUT2D eigenvalue weighted by molar-refractivity contribution is 6.31. The van der Waals surface area contributed by atoms with Crippen molar-refractivity contribution >= 4 is 17.5 Å². The Morgan fingerprint density at radius 1 is 1.33 bits per heavy atom. The highest BCUT2D eigenvalue weighted by atomic mass is 35.5. The molecule has 132 valence electrons. The number of halogens is 1. The van der Waals surface area contributed by atoms with Crippen molar-refractivity contribution < 1.29 is 9.53 Å². The zero-order valence-electron chi connectivity index (χ0n) is 14.6. The molecule has 3 rings (SSSR count). The molecule has 2 aliphatic rings. The Labute approximate surface area is 149 Å². The maximum absolute atomic E-state index is 11.8. The third-order valence-electron chi connectivity index (χ3n) is 5.83. The normalized spacial score (nSPS) is 23.8. The predicted octanol–water partition coefficient (Wildman–Crippen LogP) is 3.05. The highest BCUT2D eigenvalue weighted by Crippen LogP contribution is 2.45. The molecule has 2 heterocycles. The average Bonchev–Trinajstić information content (AvgIpc) is 2.91. The van der Waals surface area contributed by atoms with Gasteiger partial charge in [0, 0.05) is 44.6 Å². The van der Waals surface area contributed by atoms with Crippen molar-refractivity contribution in [2.45, 2.75) is 26.3 Å². The summed E-state index contributed by atoms with van der Waals surface area (Å²) in [4.78, 5) is 16.3. The number of piperidine rings is 1. The number of carbonyl (C=O) groups excluding carboxylic acids is 1. The van der Waals surface area contributed by atoms with E-state index >= 15 is 0 Å². The number of hydrogen-bond donors (Lipinski definition) is 0. The number of amides is 1. The van der Waals surface area contributed by atoms with Crippen LogP contribution < -0.4 is 0 Å². The van der Waals surface area contributed by atoms with Crippen LogP contribution in [0.1, 0.15) is 25.3 Å². The predicted molar refractivity (Wildman–Crippen MR) is 96.0 cm³/mol. The van der Waals surface area contributed by atoms with Crippen LogP contribution in [0.25, 0.3) is 0 Å². The first-order valence-corrected chi connectivity index (χ1v) is 9.12. The number of hydrogen-bond acceptors (Lipinski definition) is 3. The number of methoxy groups -OCH3 is 1. The lowest BCUT2D eigenvalue weighted by Gasteiger charge is -2.42. The summed E-state index contributed by atoms with van der Waals surface area (Å²) in [6.07, 6.45) is 2.24. The van der Waals surface area contributed by atoms with Gasteiger partial charge in [-0.1, -0.05) is 29.8 Å². The minimum Gasteiger partial charge on any atom is -0.384 e. The molecule has 0 N–H and O–H groups in total. The molecule has 1 spiro atoms. The lowest BCUT2D eigenvalue weighted by Crippen LogP contribution is -2.45. The molecule has 24 heavy (non-hydrogen) atoms. The molecule has 4 nitrogen and oxygen atoms in total. The topological polar surface area (TPSA) is 32.8 Å². The first-order chi connectivity index (χ1) is 11.5. The molecule has 0 saturated carbocycles. The fourth-order valence-electron chi connectivity index (χ4n) is 4.29. The SMILES string of the molecule is COC[C@H]1CN(C(C)=O)CC12CCN(Cc1ccccc1Cl)CC2. The van der Waals surface area contributed by atoms with Crippen LogP contribution in [0.5, 0.6) is 0 Å². The van der Waals surface area contributed by atoms with Gasteiger partial charge < -0.3 is 9.64 Å². The van der Waals surface area contributed by atoms with E-state index in [2.05, 4.69) is 11.0 Å². The summed E-state index contributed by atoms with van der Waals surface area (Å²) in [6.45, 7) is 7.16. The first kappa shape index (κ1) is 17.7. The second-order valence-corrected chi connectivity index (χ2v) is 7.69. The van der Waals surface area contributed by atoms with Gasteiger partial charge >= 0.3 is 0 Å². The molecular formula is C19H27ClN2O2. The van der Waals surface area contributed by atoms with Crippen LogP contribution >= 0.6 is 11.6 Å². The molecule has 2 aliphatic heterocycles. The Kier molecular flexibility index (Phi) is 5.48. The van der Waals surface area contributed by atoms with Gasteiger partial charge in [-0.3, -0.25) is 9.69 Å². The van der Waals surface area contributed by atoms with Crippen molar-refractivity contribution in [2.24, 2.45) is 11.3 Å². The fourth-order valence-corrected chi connectivity index (χ4v) is 4.49. The van der Waals surface area contributed by atoms with Crippen LogP contribution in [0.2, 0.25) is 5.02 Å². The summed E-state index contributed by atoms with van der Waals surface area (Å²) in [7, 11) is 1.76. The lowest BCUT2D eigenvalue weighted by molar-refractivity contribution is -0.128. The summed E-state index contributed by atoms with van der Waals surface area (Å²) in [6, 6.07) is 8.08. The Morgan fingerprint density at radius 3 is 2.67 bits per heavy atom. The van der Waals surface area contributed by atoms with Crippen LogP contribution in [0.4, 0.5) is 0 Å². The molecule has 5 heteroatoms. The molecule has 1 aromatic rings. The zero-order chi connectivity index (χ0) is 17.2. The average molecular weight is 351 g/mol. The molecule has 1 amide bonds. The summed E-state index contributed by atoms with van der Waals surface area (Å²) >= 11 is 6.30. The number of benzene rings is 1. The lowest BCUT2D eigenvalue weighted by atomic mass is 9.71. The molecule has 0 aliphatic carbocycles. The summed E-state index contributed by atoms with van der Waals surface area (Å²) < 4.78 is 5.45. The van der Waals surface area contributed by atoms with E-state index in [0.717, 1.165) is 57.2 Å². The van der Waals surface area contributed by atoms with Gasteiger partial charge in [-0.15, -0.1) is 0 Å². The van der Waals surface area contributed by atoms with Crippen LogP contribution in [0, 0.1) is 11.3 Å². The second-order valence-electron chi connectivity index (χ2n) is 7.28. The van der Waals surface area contributed by atoms with E-state index in [0.29, 0.717) is 5.92 Å². The van der Waals surface area contributed by atoms with Crippen LogP contribution in [0.3, 0.4) is 0 Å². The maximum atomic E-state index is 11.8. The van der Waals surface area contributed by atoms with Gasteiger partial charge in [0.2, 0.25) is 5.91 Å². The van der Waals surface area contributed by atoms with E-state index in [-0.39, 0.29) is 11.3 Å². The van der Waals surface area contributed by atoms with E-state index in [4.69, 9.17) is 16.3 Å². The minimum absolute atomic E-state index is 0.187. The van der Waals surface area contributed by atoms with E-state index < -0.39 is 0 Å². The number of carbonyl (C=O) groups is 1. The molecular weight excluding hydrogens is 324 g/mol. The standard InChI is InChI=1S/C19H27ClN2O2/c1-15(23)22-12-17(13-24-2)19(14-22)7-9-21(10-8-19)11-16-5-3-4-6-18(16)20/h3-6,17H,7-14H2,1-2H3/t17-/m1/s1. The van der Waals surface area contributed by atoms with Gasteiger partial charge in [-0.25, -0.2) is 0 Å². The monoisotopic (exact) mass is 350 g/mol. The van der Waals surface area contributed by atoms with Crippen molar-refractivity contribution in [3.63, 3.8) is 0 Å². The fraction of sp³-hybridized carbons (Fsp3) is 0.632. The van der Waals surface area contributed by atoms with E-state index in [1.165, 1.54) is 5.56 Å². The Hall–Kier alpha value is -1.10. The zero-order valence-corrected chi connectivity index (χ0v) is 15.4. The second kappa shape index (κ2) is 7.42. The van der Waals surface area contributed by atoms with Crippen LogP contribution in [-0.2, 0) is 16.1 Å². The van der Waals surface area contributed by atoms with E-state index in [9.17, 15) is 4.79 Å². The third-order valence-corrected chi connectivity index (χ3v) is 6.20. The number of likely N-dealkylation sites (tertiary alicyclic amines) is 2. The van der Waals surface area contributed by atoms with E-state index in [1.807, 2.05) is 23.1 Å². The Bertz CT molecular complexity index is 584. The highest BCUT2D eigenvalue weighted by Gasteiger charge is 2.48. The van der Waals surface area contributed by atoms with Gasteiger partial charge in [0.25, 0.3) is 0 Å². The van der Waals surface area contributed by atoms with Crippen molar-refractivity contribution in [3.05, 3.63) is 34.9 Å². The molecule has 0 bridgehead atoms. The van der Waals surface area contributed by atoms with Crippen molar-refractivity contribution in [3.8, 4) is 0 Å². The summed E-state index contributed by atoms with van der Waals surface area (Å²) in [5, 5.41) is 0.846. The largest absolute Gasteiger partial charge is 0.384 e. The van der Waals surface area contributed by atoms with Crippen molar-refractivity contribution in [2.75, 3.05) is 39.9 Å². The number of rotatable bonds is 4. The molecule has 1 atom stereocenters. The molecule has 2 fully saturated rings. The van der Waals surface area contributed by atoms with Crippen molar-refractivity contribution in [1.29, 1.82) is 0 Å². The molecule has 0 aromatic heterocycles. The molecule has 0 radical (unpaired) electrons. The van der Waals surface area contributed by atoms with Gasteiger partial charge in [-0.05, 0) is 43.0 Å².